The average Bonchev–Trinajstić information content (AvgIpc) is 3.06. The zero-order valence-corrected chi connectivity index (χ0v) is 23.0. The highest BCUT2D eigenvalue weighted by Crippen LogP contribution is 2.39. The Kier molecular flexibility index (Phi) is 7.95. The van der Waals surface area contributed by atoms with Gasteiger partial charge in [-0.2, -0.15) is 8.42 Å². The lowest BCUT2D eigenvalue weighted by Gasteiger charge is -2.13. The molecule has 2 amide bonds. The Morgan fingerprint density at radius 3 is 2.14 bits per heavy atom. The highest BCUT2D eigenvalue weighted by molar-refractivity contribution is 8.18. The third kappa shape index (κ3) is 5.85. The van der Waals surface area contributed by atoms with Crippen LogP contribution in [-0.4, -0.2) is 24.5 Å². The fourth-order valence-electron chi connectivity index (χ4n) is 3.21. The molecule has 0 aromatic heterocycles. The van der Waals surface area contributed by atoms with Gasteiger partial charge in [0, 0.05) is 0 Å². The molecule has 0 atom stereocenters. The summed E-state index contributed by atoms with van der Waals surface area (Å²) in [5, 5.41) is 0.0487. The minimum absolute atomic E-state index is 0.0179. The van der Waals surface area contributed by atoms with E-state index < -0.39 is 21.3 Å². The number of nitrogens with zero attached hydrogens (tertiary/aromatic N) is 1. The van der Waals surface area contributed by atoms with E-state index in [0.29, 0.717) is 21.2 Å². The zero-order valence-electron chi connectivity index (χ0n) is 18.3. The highest BCUT2D eigenvalue weighted by Gasteiger charge is 2.35. The van der Waals surface area contributed by atoms with Crippen LogP contribution >= 0.6 is 58.2 Å². The Bertz CT molecular complexity index is 1500. The Balaban J connectivity index is 1.56. The third-order valence-corrected chi connectivity index (χ3v) is 8.46. The topological polar surface area (TPSA) is 80.8 Å². The second-order valence-electron chi connectivity index (χ2n) is 7.68. The number of hydrogen-bond acceptors (Lipinski definition) is 6. The zero-order chi connectivity index (χ0) is 26.2. The lowest BCUT2D eigenvalue weighted by atomic mass is 10.2. The van der Waals surface area contributed by atoms with E-state index in [0.717, 1.165) is 22.2 Å². The Labute approximate surface area is 231 Å². The monoisotopic (exact) mass is 601 g/mol. The van der Waals surface area contributed by atoms with Crippen molar-refractivity contribution in [3.63, 3.8) is 0 Å². The molecular weight excluding hydrogens is 588 g/mol. The third-order valence-electron chi connectivity index (χ3n) is 5.02. The molecule has 186 valence electrons. The Hall–Kier alpha value is -2.20. The van der Waals surface area contributed by atoms with E-state index in [4.69, 9.17) is 50.6 Å². The molecule has 4 rings (SSSR count). The number of thioether (sulfide) groups is 1. The number of benzene rings is 3. The molecule has 0 aliphatic carbocycles. The number of imide groups is 1. The molecule has 12 heteroatoms. The van der Waals surface area contributed by atoms with Gasteiger partial charge in [0.15, 0.2) is 5.75 Å². The van der Waals surface area contributed by atoms with E-state index in [1.54, 1.807) is 30.3 Å². The van der Waals surface area contributed by atoms with Gasteiger partial charge < -0.3 is 4.18 Å². The van der Waals surface area contributed by atoms with Crippen LogP contribution in [0.15, 0.2) is 64.4 Å². The number of amides is 2. The summed E-state index contributed by atoms with van der Waals surface area (Å²) in [5.74, 6) is -0.755. The number of hydrogen-bond donors (Lipinski definition) is 0. The summed E-state index contributed by atoms with van der Waals surface area (Å²) in [6.07, 6.45) is 1.44. The summed E-state index contributed by atoms with van der Waals surface area (Å²) < 4.78 is 30.4. The SMILES string of the molecule is Cc1ccc(S(=O)(=O)Oc2c(Cl)cc(/C=C3\SC(=O)N(Cc4ccc(Cl)c(Cl)c4)C3=O)cc2Cl)cc1. The van der Waals surface area contributed by atoms with Crippen molar-refractivity contribution in [2.45, 2.75) is 18.4 Å². The van der Waals surface area contributed by atoms with Gasteiger partial charge in [0.1, 0.15) is 4.90 Å². The van der Waals surface area contributed by atoms with Gasteiger partial charge in [-0.15, -0.1) is 0 Å². The summed E-state index contributed by atoms with van der Waals surface area (Å²) in [6, 6.07) is 13.7. The Morgan fingerprint density at radius 1 is 0.889 bits per heavy atom. The van der Waals surface area contributed by atoms with E-state index >= 15 is 0 Å². The van der Waals surface area contributed by atoms with Crippen LogP contribution in [0.1, 0.15) is 16.7 Å². The van der Waals surface area contributed by atoms with Crippen molar-refractivity contribution in [1.82, 2.24) is 4.90 Å². The van der Waals surface area contributed by atoms with Gasteiger partial charge in [-0.1, -0.05) is 70.2 Å². The van der Waals surface area contributed by atoms with Gasteiger partial charge >= 0.3 is 10.1 Å². The number of rotatable bonds is 6. The lowest BCUT2D eigenvalue weighted by molar-refractivity contribution is -0.123. The van der Waals surface area contributed by atoms with Crippen molar-refractivity contribution in [2.24, 2.45) is 0 Å². The van der Waals surface area contributed by atoms with Crippen LogP contribution in [0, 0.1) is 6.92 Å². The van der Waals surface area contributed by atoms with Gasteiger partial charge in [-0.3, -0.25) is 14.5 Å². The molecule has 0 bridgehead atoms. The van der Waals surface area contributed by atoms with Crippen molar-refractivity contribution in [2.75, 3.05) is 0 Å². The van der Waals surface area contributed by atoms with Crippen molar-refractivity contribution < 1.29 is 22.2 Å². The molecule has 3 aromatic rings. The summed E-state index contributed by atoms with van der Waals surface area (Å²) in [7, 11) is -4.18. The van der Waals surface area contributed by atoms with Gasteiger partial charge in [-0.25, -0.2) is 0 Å². The molecular formula is C24H15Cl4NO5S2. The second kappa shape index (κ2) is 10.7. The summed E-state index contributed by atoms with van der Waals surface area (Å²) in [5.41, 5.74) is 1.90. The maximum atomic E-state index is 12.9. The molecule has 0 spiro atoms. The predicted octanol–water partition coefficient (Wildman–Crippen LogP) is 7.61. The maximum absolute atomic E-state index is 12.9. The van der Waals surface area contributed by atoms with E-state index in [2.05, 4.69) is 0 Å². The molecule has 1 aliphatic rings. The lowest BCUT2D eigenvalue weighted by Crippen LogP contribution is -2.27. The van der Waals surface area contributed by atoms with Crippen LogP contribution in [0.5, 0.6) is 5.75 Å². The molecule has 3 aromatic carbocycles. The van der Waals surface area contributed by atoms with Crippen LogP contribution in [0.25, 0.3) is 6.08 Å². The van der Waals surface area contributed by atoms with E-state index in [9.17, 15) is 18.0 Å². The summed E-state index contributed by atoms with van der Waals surface area (Å²) in [6.45, 7) is 1.84. The molecule has 6 nitrogen and oxygen atoms in total. The average molecular weight is 603 g/mol. The van der Waals surface area contributed by atoms with Crippen LogP contribution in [0.2, 0.25) is 20.1 Å². The van der Waals surface area contributed by atoms with Crippen molar-refractivity contribution >= 4 is 85.5 Å². The fourth-order valence-corrected chi connectivity index (χ4v) is 6.01. The van der Waals surface area contributed by atoms with E-state index in [-0.39, 0.29) is 32.1 Å². The minimum Gasteiger partial charge on any atom is -0.376 e. The van der Waals surface area contributed by atoms with Gasteiger partial charge in [0.05, 0.1) is 31.5 Å². The van der Waals surface area contributed by atoms with Gasteiger partial charge in [0.25, 0.3) is 11.1 Å². The van der Waals surface area contributed by atoms with Gasteiger partial charge in [0.2, 0.25) is 0 Å². The van der Waals surface area contributed by atoms with Crippen LogP contribution in [-0.2, 0) is 21.5 Å². The first-order chi connectivity index (χ1) is 16.9. The maximum Gasteiger partial charge on any atom is 0.339 e. The largest absolute Gasteiger partial charge is 0.376 e. The van der Waals surface area contributed by atoms with Crippen LogP contribution in [0.3, 0.4) is 0 Å². The Morgan fingerprint density at radius 2 is 1.53 bits per heavy atom. The van der Waals surface area contributed by atoms with Crippen molar-refractivity contribution in [1.29, 1.82) is 0 Å². The number of halogens is 4. The molecule has 1 heterocycles. The summed E-state index contributed by atoms with van der Waals surface area (Å²) in [4.78, 5) is 26.5. The smallest absolute Gasteiger partial charge is 0.339 e. The normalized spacial score (nSPS) is 15.1. The van der Waals surface area contributed by atoms with Gasteiger partial charge in [-0.05, 0) is 72.3 Å². The molecule has 1 aliphatic heterocycles. The quantitative estimate of drug-likeness (QED) is 0.213. The van der Waals surface area contributed by atoms with Crippen molar-refractivity contribution in [3.8, 4) is 5.75 Å². The standard InChI is InChI=1S/C24H15Cl4NO5S2/c1-13-2-5-16(6-3-13)36(32,33)34-22-19(27)9-15(10-20(22)28)11-21-23(30)29(24(31)35-21)12-14-4-7-17(25)18(26)8-14/h2-11H,12H2,1H3/b21-11-. The summed E-state index contributed by atoms with van der Waals surface area (Å²) >= 11 is 25.2. The second-order valence-corrected chi connectivity index (χ2v) is 11.8. The first-order valence-electron chi connectivity index (χ1n) is 10.1. The van der Waals surface area contributed by atoms with E-state index in [1.807, 2.05) is 6.92 Å². The van der Waals surface area contributed by atoms with Crippen molar-refractivity contribution in [3.05, 3.63) is 96.3 Å². The molecule has 0 unspecified atom stereocenters. The molecule has 0 saturated carbocycles. The number of carbonyl (C=O) groups excluding carboxylic acids is 2. The molecule has 0 N–H and O–H groups in total. The molecule has 0 radical (unpaired) electrons. The predicted molar refractivity (Wildman–Crippen MR) is 143 cm³/mol. The molecule has 1 saturated heterocycles. The number of aryl methyl sites for hydroxylation is 1. The van der Waals surface area contributed by atoms with Crippen LogP contribution < -0.4 is 4.18 Å². The minimum atomic E-state index is -4.18. The molecule has 36 heavy (non-hydrogen) atoms. The fraction of sp³-hybridized carbons (Fsp3) is 0.0833. The number of carbonyl (C=O) groups is 2. The first kappa shape index (κ1) is 26.9. The molecule has 1 fully saturated rings. The highest BCUT2D eigenvalue weighted by atomic mass is 35.5. The first-order valence-corrected chi connectivity index (χ1v) is 13.9. The van der Waals surface area contributed by atoms with Crippen LogP contribution in [0.4, 0.5) is 4.79 Å². The van der Waals surface area contributed by atoms with E-state index in [1.165, 1.54) is 30.3 Å².